The average molecular weight is 466 g/mol. The van der Waals surface area contributed by atoms with Crippen molar-refractivity contribution >= 4 is 35.0 Å². The summed E-state index contributed by atoms with van der Waals surface area (Å²) in [6.45, 7) is 8.16. The van der Waals surface area contributed by atoms with E-state index in [1.165, 1.54) is 11.8 Å². The minimum absolute atomic E-state index is 0.0577. The molecular weight excluding hydrogens is 438 g/mol. The Labute approximate surface area is 197 Å². The number of benzene rings is 2. The molecule has 1 aromatic heterocycles. The second kappa shape index (κ2) is 11.3. The standard InChI is InChI=1S/C24H27N5O3S/c1-5-12-29-21(14-22(30)25-18-11-10-16(2)13-17(18)3)27-28-24(29)33-15-23(31)26-19-8-6-7-9-20(19)32-4/h5-11,13H,1,12,14-15H2,2-4H3,(H,25,30)(H,26,31). The molecule has 3 aromatic rings. The van der Waals surface area contributed by atoms with Gasteiger partial charge in [0, 0.05) is 12.2 Å². The minimum atomic E-state index is -0.202. The van der Waals surface area contributed by atoms with Gasteiger partial charge in [0.2, 0.25) is 11.8 Å². The van der Waals surface area contributed by atoms with Gasteiger partial charge in [0.05, 0.1) is 25.0 Å². The van der Waals surface area contributed by atoms with E-state index in [9.17, 15) is 9.59 Å². The molecular formula is C24H27N5O3S. The van der Waals surface area contributed by atoms with E-state index in [2.05, 4.69) is 27.4 Å². The number of aryl methyl sites for hydroxylation is 2. The van der Waals surface area contributed by atoms with Crippen LogP contribution >= 0.6 is 11.8 Å². The lowest BCUT2D eigenvalue weighted by Crippen LogP contribution is -2.18. The van der Waals surface area contributed by atoms with Gasteiger partial charge in [-0.15, -0.1) is 16.8 Å². The molecule has 0 spiro atoms. The summed E-state index contributed by atoms with van der Waals surface area (Å²) in [5, 5.41) is 14.7. The summed E-state index contributed by atoms with van der Waals surface area (Å²) >= 11 is 1.24. The molecule has 33 heavy (non-hydrogen) atoms. The number of rotatable bonds is 10. The minimum Gasteiger partial charge on any atom is -0.495 e. The quantitative estimate of drug-likeness (QED) is 0.347. The molecule has 0 saturated carbocycles. The van der Waals surface area contributed by atoms with Crippen molar-refractivity contribution in [1.29, 1.82) is 0 Å². The molecule has 0 saturated heterocycles. The maximum atomic E-state index is 12.6. The van der Waals surface area contributed by atoms with Gasteiger partial charge >= 0.3 is 0 Å². The third-order valence-electron chi connectivity index (χ3n) is 4.79. The Hall–Kier alpha value is -3.59. The number of allylic oxidation sites excluding steroid dienone is 1. The number of hydrogen-bond donors (Lipinski definition) is 2. The zero-order chi connectivity index (χ0) is 23.8. The van der Waals surface area contributed by atoms with E-state index < -0.39 is 0 Å². The molecule has 2 N–H and O–H groups in total. The van der Waals surface area contributed by atoms with Gasteiger partial charge in [-0.3, -0.25) is 9.59 Å². The number of nitrogens with one attached hydrogen (secondary N) is 2. The van der Waals surface area contributed by atoms with E-state index in [0.717, 1.165) is 16.8 Å². The maximum absolute atomic E-state index is 12.6. The summed E-state index contributed by atoms with van der Waals surface area (Å²) in [6.07, 6.45) is 1.76. The van der Waals surface area contributed by atoms with E-state index in [0.29, 0.717) is 29.0 Å². The summed E-state index contributed by atoms with van der Waals surface area (Å²) in [5.74, 6) is 0.826. The summed E-state index contributed by atoms with van der Waals surface area (Å²) in [4.78, 5) is 25.1. The van der Waals surface area contributed by atoms with Gasteiger partial charge in [-0.1, -0.05) is 47.7 Å². The third-order valence-corrected chi connectivity index (χ3v) is 5.76. The average Bonchev–Trinajstić information content (AvgIpc) is 3.16. The van der Waals surface area contributed by atoms with Crippen LogP contribution < -0.4 is 15.4 Å². The largest absolute Gasteiger partial charge is 0.495 e. The van der Waals surface area contributed by atoms with Crippen molar-refractivity contribution in [1.82, 2.24) is 14.8 Å². The van der Waals surface area contributed by atoms with Crippen molar-refractivity contribution < 1.29 is 14.3 Å². The number of thioether (sulfide) groups is 1. The number of anilines is 2. The third kappa shape index (κ3) is 6.45. The molecule has 8 nitrogen and oxygen atoms in total. The van der Waals surface area contributed by atoms with E-state index in [-0.39, 0.29) is 24.0 Å². The number of nitrogens with zero attached hydrogens (tertiary/aromatic N) is 3. The Morgan fingerprint density at radius 2 is 1.85 bits per heavy atom. The fourth-order valence-electron chi connectivity index (χ4n) is 3.23. The number of para-hydroxylation sites is 2. The number of aromatic nitrogens is 3. The van der Waals surface area contributed by atoms with Gasteiger partial charge in [-0.05, 0) is 37.6 Å². The zero-order valence-electron chi connectivity index (χ0n) is 18.9. The van der Waals surface area contributed by atoms with E-state index in [4.69, 9.17) is 4.74 Å². The second-order valence-corrected chi connectivity index (χ2v) is 8.32. The van der Waals surface area contributed by atoms with Crippen LogP contribution in [-0.4, -0.2) is 39.4 Å². The van der Waals surface area contributed by atoms with Crippen molar-refractivity contribution in [3.8, 4) is 5.75 Å². The van der Waals surface area contributed by atoms with Crippen LogP contribution in [0.1, 0.15) is 17.0 Å². The van der Waals surface area contributed by atoms with E-state index in [1.807, 2.05) is 44.2 Å². The SMILES string of the molecule is C=CCn1c(CC(=O)Nc2ccc(C)cc2C)nnc1SCC(=O)Nc1ccccc1OC. The Bertz CT molecular complexity index is 1160. The lowest BCUT2D eigenvalue weighted by Gasteiger charge is -2.11. The highest BCUT2D eigenvalue weighted by Gasteiger charge is 2.17. The van der Waals surface area contributed by atoms with Crippen molar-refractivity contribution in [2.24, 2.45) is 0 Å². The molecule has 9 heteroatoms. The van der Waals surface area contributed by atoms with Crippen molar-refractivity contribution in [3.05, 3.63) is 72.1 Å². The highest BCUT2D eigenvalue weighted by molar-refractivity contribution is 7.99. The van der Waals surface area contributed by atoms with Gasteiger partial charge in [0.25, 0.3) is 0 Å². The first-order valence-corrected chi connectivity index (χ1v) is 11.4. The van der Waals surface area contributed by atoms with Crippen LogP contribution in [0.4, 0.5) is 11.4 Å². The fourth-order valence-corrected chi connectivity index (χ4v) is 3.99. The smallest absolute Gasteiger partial charge is 0.234 e. The number of carbonyl (C=O) groups excluding carboxylic acids is 2. The summed E-state index contributed by atoms with van der Waals surface area (Å²) in [5.41, 5.74) is 3.49. The number of hydrogen-bond acceptors (Lipinski definition) is 6. The monoisotopic (exact) mass is 465 g/mol. The predicted octanol–water partition coefficient (Wildman–Crippen LogP) is 4.00. The molecule has 0 aliphatic rings. The predicted molar refractivity (Wildman–Crippen MR) is 131 cm³/mol. The molecule has 0 bridgehead atoms. The first-order valence-electron chi connectivity index (χ1n) is 10.4. The molecule has 0 aliphatic carbocycles. The van der Waals surface area contributed by atoms with Crippen molar-refractivity contribution in [2.75, 3.05) is 23.5 Å². The summed E-state index contributed by atoms with van der Waals surface area (Å²) in [7, 11) is 1.55. The normalized spacial score (nSPS) is 10.5. The van der Waals surface area contributed by atoms with Gasteiger partial charge in [0.15, 0.2) is 5.16 Å². The Morgan fingerprint density at radius 1 is 1.09 bits per heavy atom. The number of amides is 2. The maximum Gasteiger partial charge on any atom is 0.234 e. The lowest BCUT2D eigenvalue weighted by molar-refractivity contribution is -0.116. The van der Waals surface area contributed by atoms with Gasteiger partial charge in [-0.2, -0.15) is 0 Å². The fraction of sp³-hybridized carbons (Fsp3) is 0.250. The van der Waals surface area contributed by atoms with Crippen LogP contribution in [0, 0.1) is 13.8 Å². The van der Waals surface area contributed by atoms with Crippen LogP contribution in [0.15, 0.2) is 60.3 Å². The number of ether oxygens (including phenoxy) is 1. The summed E-state index contributed by atoms with van der Waals surface area (Å²) in [6, 6.07) is 13.1. The molecule has 1 heterocycles. The second-order valence-electron chi connectivity index (χ2n) is 7.38. The molecule has 3 rings (SSSR count). The molecule has 0 radical (unpaired) electrons. The van der Waals surface area contributed by atoms with Crippen molar-refractivity contribution in [3.63, 3.8) is 0 Å². The first-order chi connectivity index (χ1) is 15.9. The van der Waals surface area contributed by atoms with Gasteiger partial charge in [-0.25, -0.2) is 0 Å². The highest BCUT2D eigenvalue weighted by Crippen LogP contribution is 2.24. The number of carbonyl (C=O) groups is 2. The molecule has 0 atom stereocenters. The molecule has 0 aliphatic heterocycles. The highest BCUT2D eigenvalue weighted by atomic mass is 32.2. The van der Waals surface area contributed by atoms with Gasteiger partial charge < -0.3 is 19.9 Å². The lowest BCUT2D eigenvalue weighted by atomic mass is 10.1. The van der Waals surface area contributed by atoms with Crippen LogP contribution in [0.3, 0.4) is 0 Å². The van der Waals surface area contributed by atoms with E-state index >= 15 is 0 Å². The number of methoxy groups -OCH3 is 1. The van der Waals surface area contributed by atoms with E-state index in [1.54, 1.807) is 29.9 Å². The van der Waals surface area contributed by atoms with Crippen LogP contribution in [0.5, 0.6) is 5.75 Å². The van der Waals surface area contributed by atoms with Gasteiger partial charge in [0.1, 0.15) is 11.6 Å². The zero-order valence-corrected chi connectivity index (χ0v) is 19.7. The molecule has 0 fully saturated rings. The van der Waals surface area contributed by atoms with Crippen LogP contribution in [-0.2, 0) is 22.6 Å². The Morgan fingerprint density at radius 3 is 2.58 bits per heavy atom. The molecule has 2 aromatic carbocycles. The van der Waals surface area contributed by atoms with Crippen LogP contribution in [0.25, 0.3) is 0 Å². The summed E-state index contributed by atoms with van der Waals surface area (Å²) < 4.78 is 7.05. The first kappa shape index (κ1) is 24.1. The topological polar surface area (TPSA) is 98.1 Å². The van der Waals surface area contributed by atoms with Crippen molar-refractivity contribution in [2.45, 2.75) is 32.0 Å². The Balaban J connectivity index is 1.64. The molecule has 172 valence electrons. The molecule has 0 unspecified atom stereocenters. The van der Waals surface area contributed by atoms with Crippen LogP contribution in [0.2, 0.25) is 0 Å². The Kier molecular flexibility index (Phi) is 8.26. The molecule has 2 amide bonds.